The number of halogens is 3. The molecular formula is C34H46F3N7O2. The first-order valence-corrected chi connectivity index (χ1v) is 17.0. The van der Waals surface area contributed by atoms with Crippen LogP contribution in [-0.2, 0) is 17.5 Å². The largest absolute Gasteiger partial charge is 0.418 e. The van der Waals surface area contributed by atoms with E-state index in [9.17, 15) is 18.0 Å². The lowest BCUT2D eigenvalue weighted by molar-refractivity contribution is -0.136. The number of hydrogen-bond acceptors (Lipinski definition) is 7. The number of pyridine rings is 1. The predicted octanol–water partition coefficient (Wildman–Crippen LogP) is 5.45. The van der Waals surface area contributed by atoms with Gasteiger partial charge in [0.2, 0.25) is 0 Å². The highest BCUT2D eigenvalue weighted by Gasteiger charge is 2.47. The first kappa shape index (κ1) is 31.7. The van der Waals surface area contributed by atoms with Gasteiger partial charge in [-0.1, -0.05) is 38.2 Å². The minimum Gasteiger partial charge on any atom is -0.376 e. The van der Waals surface area contributed by atoms with Gasteiger partial charge in [-0.3, -0.25) is 18.8 Å². The maximum atomic E-state index is 14.4. The lowest BCUT2D eigenvalue weighted by Gasteiger charge is -2.47. The number of benzene rings is 1. The average Bonchev–Trinajstić information content (AvgIpc) is 3.48. The average molecular weight is 642 g/mol. The van der Waals surface area contributed by atoms with E-state index in [1.807, 2.05) is 25.1 Å². The van der Waals surface area contributed by atoms with Gasteiger partial charge in [-0.2, -0.15) is 13.2 Å². The summed E-state index contributed by atoms with van der Waals surface area (Å²) in [5.41, 5.74) is 7.64. The molecule has 2 saturated carbocycles. The van der Waals surface area contributed by atoms with Crippen LogP contribution in [0.3, 0.4) is 0 Å². The Labute approximate surface area is 268 Å². The van der Waals surface area contributed by atoms with Crippen molar-refractivity contribution in [1.82, 2.24) is 29.6 Å². The minimum atomic E-state index is -4.61. The Morgan fingerprint density at radius 1 is 1.04 bits per heavy atom. The topological polar surface area (TPSA) is 69.4 Å². The summed E-state index contributed by atoms with van der Waals surface area (Å²) in [6.45, 7) is 4.05. The van der Waals surface area contributed by atoms with Crippen molar-refractivity contribution < 1.29 is 17.9 Å². The molecule has 250 valence electrons. The van der Waals surface area contributed by atoms with Gasteiger partial charge in [0.25, 0.3) is 0 Å². The van der Waals surface area contributed by atoms with Crippen molar-refractivity contribution in [3.05, 3.63) is 64.3 Å². The van der Waals surface area contributed by atoms with Crippen LogP contribution in [-0.4, -0.2) is 69.6 Å². The van der Waals surface area contributed by atoms with E-state index in [0.29, 0.717) is 43.5 Å². The van der Waals surface area contributed by atoms with Crippen LogP contribution in [0.5, 0.6) is 0 Å². The molecule has 9 nitrogen and oxygen atoms in total. The van der Waals surface area contributed by atoms with Crippen molar-refractivity contribution in [3.63, 3.8) is 0 Å². The zero-order valence-electron chi connectivity index (χ0n) is 26.9. The number of morpholine rings is 1. The maximum absolute atomic E-state index is 14.4. The summed E-state index contributed by atoms with van der Waals surface area (Å²) in [6.07, 6.45) is 9.82. The number of nitrogens with one attached hydrogen (secondary N) is 2. The molecule has 1 spiro atoms. The number of aromatic nitrogens is 2. The molecule has 2 aliphatic carbocycles. The van der Waals surface area contributed by atoms with E-state index < -0.39 is 17.4 Å². The van der Waals surface area contributed by atoms with Crippen LogP contribution in [0.4, 0.5) is 18.9 Å². The van der Waals surface area contributed by atoms with Gasteiger partial charge in [-0.05, 0) is 75.9 Å². The zero-order valence-corrected chi connectivity index (χ0v) is 26.9. The Hall–Kier alpha value is -2.90. The van der Waals surface area contributed by atoms with Gasteiger partial charge in [0.15, 0.2) is 6.29 Å². The van der Waals surface area contributed by atoms with Crippen LogP contribution >= 0.6 is 0 Å². The summed E-state index contributed by atoms with van der Waals surface area (Å²) in [4.78, 5) is 20.7. The first-order valence-electron chi connectivity index (χ1n) is 17.0. The summed E-state index contributed by atoms with van der Waals surface area (Å²) < 4.78 is 51.4. The van der Waals surface area contributed by atoms with Crippen molar-refractivity contribution in [2.45, 2.75) is 108 Å². The number of fused-ring (bicyclic) bond motifs is 1. The monoisotopic (exact) mass is 641 g/mol. The van der Waals surface area contributed by atoms with Gasteiger partial charge in [-0.15, -0.1) is 0 Å². The van der Waals surface area contributed by atoms with E-state index in [2.05, 4.69) is 32.6 Å². The molecule has 3 aromatic rings. The van der Waals surface area contributed by atoms with Crippen LogP contribution < -0.4 is 21.4 Å². The van der Waals surface area contributed by atoms with Gasteiger partial charge >= 0.3 is 11.9 Å². The number of anilines is 1. The number of ether oxygens (including phenoxy) is 1. The lowest BCUT2D eigenvalue weighted by Crippen LogP contribution is -2.58. The van der Waals surface area contributed by atoms with E-state index >= 15 is 0 Å². The standard InChI is InChI=1S/C34H46F3N7O2/c1-24-20-41(16-17-46-24)21-25-18-29(34(35,36)37)30-23-42(32(45)43(30)22-25)27-12-9-13-28(19-27)44(26-10-8-11-26)31-38-39-33(40(31)2)14-6-4-3-5-7-15-33/h9,12-13,18-19,22-24,26,31,38-39H,3-8,10-11,14-17,20-21H2,1-2H3/t24-,31?/m1/s1. The summed E-state index contributed by atoms with van der Waals surface area (Å²) in [7, 11) is 2.19. The highest BCUT2D eigenvalue weighted by atomic mass is 19.4. The third-order valence-corrected chi connectivity index (χ3v) is 10.7. The number of nitrogens with zero attached hydrogens (tertiary/aromatic N) is 5. The summed E-state index contributed by atoms with van der Waals surface area (Å²) in [6, 6.07) is 9.20. The third kappa shape index (κ3) is 5.98. The summed E-state index contributed by atoms with van der Waals surface area (Å²) in [5, 5.41) is 0. The van der Waals surface area contributed by atoms with Crippen LogP contribution in [0, 0.1) is 0 Å². The highest BCUT2D eigenvalue weighted by Crippen LogP contribution is 2.39. The van der Waals surface area contributed by atoms with Gasteiger partial charge < -0.3 is 9.64 Å². The van der Waals surface area contributed by atoms with Crippen LogP contribution in [0.2, 0.25) is 0 Å². The van der Waals surface area contributed by atoms with Crippen LogP contribution in [0.25, 0.3) is 11.2 Å². The second-order valence-corrected chi connectivity index (χ2v) is 13.8. The molecule has 46 heavy (non-hydrogen) atoms. The SMILES string of the molecule is C[C@@H]1CN(Cc2cc(C(F)(F)F)c3cn(-c4cccc(N(C5CCC5)C5NNC6(CCCCCCC6)N5C)c4)c(=O)n3c2)CCO1. The number of imidazole rings is 1. The molecule has 4 aliphatic rings. The fourth-order valence-electron chi connectivity index (χ4n) is 7.90. The Balaban J connectivity index is 1.23. The fraction of sp³-hybridized carbons (Fsp3) is 0.618. The molecule has 4 heterocycles. The Bertz CT molecular complexity index is 1590. The molecule has 0 amide bonds. The number of alkyl halides is 3. The van der Waals surface area contributed by atoms with E-state index in [0.717, 1.165) is 42.2 Å². The van der Waals surface area contributed by atoms with Gasteiger partial charge in [0.1, 0.15) is 0 Å². The Morgan fingerprint density at radius 2 is 1.80 bits per heavy atom. The Kier molecular flexibility index (Phi) is 8.69. The normalized spacial score (nSPS) is 25.1. The van der Waals surface area contributed by atoms with Crippen molar-refractivity contribution in [1.29, 1.82) is 0 Å². The van der Waals surface area contributed by atoms with Crippen LogP contribution in [0.15, 0.2) is 47.5 Å². The molecule has 12 heteroatoms. The molecule has 1 aromatic carbocycles. The van der Waals surface area contributed by atoms with Gasteiger partial charge in [0.05, 0.1) is 35.1 Å². The fourth-order valence-corrected chi connectivity index (χ4v) is 7.90. The van der Waals surface area contributed by atoms with Crippen molar-refractivity contribution >= 4 is 11.2 Å². The summed E-state index contributed by atoms with van der Waals surface area (Å²) >= 11 is 0. The molecular weight excluding hydrogens is 595 g/mol. The Morgan fingerprint density at radius 3 is 2.50 bits per heavy atom. The van der Waals surface area contributed by atoms with Crippen molar-refractivity contribution in [2.75, 3.05) is 31.6 Å². The molecule has 2 saturated heterocycles. The van der Waals surface area contributed by atoms with E-state index in [-0.39, 0.29) is 23.6 Å². The molecule has 2 N–H and O–H groups in total. The second kappa shape index (κ2) is 12.6. The van der Waals surface area contributed by atoms with Crippen molar-refractivity contribution in [2.24, 2.45) is 0 Å². The lowest BCUT2D eigenvalue weighted by atomic mass is 9.89. The summed E-state index contributed by atoms with van der Waals surface area (Å²) in [5.74, 6) is 0. The third-order valence-electron chi connectivity index (χ3n) is 10.7. The number of hydrogen-bond donors (Lipinski definition) is 2. The molecule has 2 aromatic heterocycles. The molecule has 2 atom stereocenters. The van der Waals surface area contributed by atoms with E-state index in [1.165, 1.54) is 48.9 Å². The minimum absolute atomic E-state index is 0.00686. The molecule has 1 unspecified atom stereocenters. The predicted molar refractivity (Wildman–Crippen MR) is 172 cm³/mol. The molecule has 2 aliphatic heterocycles. The molecule has 0 bridgehead atoms. The van der Waals surface area contributed by atoms with Crippen LogP contribution in [0.1, 0.15) is 82.3 Å². The van der Waals surface area contributed by atoms with E-state index in [1.54, 1.807) is 12.3 Å². The molecule has 7 rings (SSSR count). The number of rotatable bonds is 6. The van der Waals surface area contributed by atoms with Gasteiger partial charge in [-0.25, -0.2) is 15.6 Å². The van der Waals surface area contributed by atoms with E-state index in [4.69, 9.17) is 4.74 Å². The second-order valence-electron chi connectivity index (χ2n) is 13.8. The quantitative estimate of drug-likeness (QED) is 0.371. The molecule has 0 radical (unpaired) electrons. The highest BCUT2D eigenvalue weighted by molar-refractivity contribution is 5.60. The smallest absolute Gasteiger partial charge is 0.376 e. The molecule has 4 fully saturated rings. The zero-order chi connectivity index (χ0) is 32.1. The van der Waals surface area contributed by atoms with Gasteiger partial charge in [0, 0.05) is 43.8 Å². The maximum Gasteiger partial charge on any atom is 0.418 e. The number of hydrazine groups is 1. The van der Waals surface area contributed by atoms with Crippen molar-refractivity contribution in [3.8, 4) is 5.69 Å². The first-order chi connectivity index (χ1) is 22.1.